The van der Waals surface area contributed by atoms with E-state index < -0.39 is 17.8 Å². The zero-order valence-corrected chi connectivity index (χ0v) is 24.0. The fourth-order valence-electron chi connectivity index (χ4n) is 3.76. The van der Waals surface area contributed by atoms with Crippen LogP contribution in [-0.4, -0.2) is 78.1 Å². The molecule has 2 N–H and O–H groups in total. The van der Waals surface area contributed by atoms with E-state index in [1.54, 1.807) is 20.8 Å². The van der Waals surface area contributed by atoms with Crippen molar-refractivity contribution in [2.24, 2.45) is 0 Å². The number of nitrogens with one attached hydrogen (secondary N) is 2. The molecule has 0 atom stereocenters. The fourth-order valence-corrected chi connectivity index (χ4v) is 5.49. The molecule has 0 bridgehead atoms. The molecule has 1 aliphatic heterocycles. The number of amides is 1. The van der Waals surface area contributed by atoms with E-state index in [1.807, 2.05) is 35.2 Å². The zero-order valence-electron chi connectivity index (χ0n) is 22.4. The molecule has 14 heteroatoms. The Bertz CT molecular complexity index is 1350. The third-order valence-corrected chi connectivity index (χ3v) is 7.63. The second-order valence-corrected chi connectivity index (χ2v) is 10.3. The van der Waals surface area contributed by atoms with E-state index in [2.05, 4.69) is 25.6 Å². The van der Waals surface area contributed by atoms with Crippen molar-refractivity contribution in [3.8, 4) is 0 Å². The van der Waals surface area contributed by atoms with Crippen molar-refractivity contribution in [1.29, 1.82) is 0 Å². The van der Waals surface area contributed by atoms with Gasteiger partial charge in [0.15, 0.2) is 5.16 Å². The van der Waals surface area contributed by atoms with E-state index in [1.165, 1.54) is 0 Å². The van der Waals surface area contributed by atoms with Gasteiger partial charge in [0.2, 0.25) is 17.8 Å². The van der Waals surface area contributed by atoms with Crippen molar-refractivity contribution in [1.82, 2.24) is 15.0 Å². The van der Waals surface area contributed by atoms with Gasteiger partial charge in [-0.2, -0.15) is 15.0 Å². The lowest BCUT2D eigenvalue weighted by molar-refractivity contribution is -0.113. The molecular formula is C26H30N6O6S2. The summed E-state index contributed by atoms with van der Waals surface area (Å²) in [5.41, 5.74) is 1.35. The highest BCUT2D eigenvalue weighted by Crippen LogP contribution is 2.34. The van der Waals surface area contributed by atoms with Crippen molar-refractivity contribution in [2.75, 3.05) is 60.8 Å². The third kappa shape index (κ3) is 7.46. The van der Waals surface area contributed by atoms with Crippen molar-refractivity contribution in [3.63, 3.8) is 0 Å². The summed E-state index contributed by atoms with van der Waals surface area (Å²) in [6, 6.07) is 9.50. The number of ether oxygens (including phenoxy) is 3. The molecule has 0 radical (unpaired) electrons. The van der Waals surface area contributed by atoms with Gasteiger partial charge < -0.3 is 29.7 Å². The number of thiophene rings is 1. The molecule has 12 nitrogen and oxygen atoms in total. The summed E-state index contributed by atoms with van der Waals surface area (Å²) < 4.78 is 15.7. The maximum atomic E-state index is 13.0. The summed E-state index contributed by atoms with van der Waals surface area (Å²) in [5, 5.41) is 6.51. The lowest BCUT2D eigenvalue weighted by Crippen LogP contribution is -2.37. The highest BCUT2D eigenvalue weighted by molar-refractivity contribution is 7.99. The second-order valence-electron chi connectivity index (χ2n) is 8.37. The molecule has 0 spiro atoms. The van der Waals surface area contributed by atoms with E-state index in [0.717, 1.165) is 28.8 Å². The van der Waals surface area contributed by atoms with Crippen LogP contribution in [-0.2, 0) is 19.0 Å². The highest BCUT2D eigenvalue weighted by Gasteiger charge is 2.27. The molecule has 2 aromatic heterocycles. The van der Waals surface area contributed by atoms with Crippen molar-refractivity contribution >= 4 is 63.5 Å². The van der Waals surface area contributed by atoms with Gasteiger partial charge >= 0.3 is 11.9 Å². The normalized spacial score (nSPS) is 13.0. The van der Waals surface area contributed by atoms with Crippen LogP contribution in [0.3, 0.4) is 0 Å². The fraction of sp³-hybridized carbons (Fsp3) is 0.385. The number of benzene rings is 1. The molecule has 4 rings (SSSR count). The molecule has 1 amide bonds. The minimum atomic E-state index is -0.626. The minimum Gasteiger partial charge on any atom is -0.462 e. The monoisotopic (exact) mass is 586 g/mol. The highest BCUT2D eigenvalue weighted by atomic mass is 32.2. The molecule has 1 saturated heterocycles. The number of rotatable bonds is 11. The average molecular weight is 587 g/mol. The van der Waals surface area contributed by atoms with E-state index in [9.17, 15) is 14.4 Å². The van der Waals surface area contributed by atoms with Crippen LogP contribution in [0.1, 0.15) is 39.4 Å². The quantitative estimate of drug-likeness (QED) is 0.248. The van der Waals surface area contributed by atoms with Gasteiger partial charge in [-0.15, -0.1) is 11.3 Å². The van der Waals surface area contributed by atoms with Crippen molar-refractivity contribution in [2.45, 2.75) is 25.9 Å². The number of nitrogens with zero attached hydrogens (tertiary/aromatic N) is 4. The summed E-state index contributed by atoms with van der Waals surface area (Å²) in [5.74, 6) is -0.812. The Kier molecular flexibility index (Phi) is 10.3. The van der Waals surface area contributed by atoms with Crippen LogP contribution < -0.4 is 15.5 Å². The van der Waals surface area contributed by atoms with Gasteiger partial charge in [-0.25, -0.2) is 9.59 Å². The molecule has 1 fully saturated rings. The average Bonchev–Trinajstić information content (AvgIpc) is 3.28. The number of thioether (sulfide) groups is 1. The Morgan fingerprint density at radius 1 is 1.02 bits per heavy atom. The van der Waals surface area contributed by atoms with E-state index in [0.29, 0.717) is 48.9 Å². The summed E-state index contributed by atoms with van der Waals surface area (Å²) in [6.45, 7) is 7.73. The van der Waals surface area contributed by atoms with Crippen LogP contribution in [0.4, 0.5) is 22.6 Å². The Morgan fingerprint density at radius 3 is 2.42 bits per heavy atom. The number of morpholine rings is 1. The minimum absolute atomic E-state index is 0.0503. The number of hydrogen-bond acceptors (Lipinski definition) is 13. The number of aromatic nitrogens is 3. The largest absolute Gasteiger partial charge is 0.462 e. The number of hydrogen-bond donors (Lipinski definition) is 2. The standard InChI is InChI=1S/C26H30N6O6S2/c1-4-37-22(34)19-16(3)20(23(35)38-5-2)40-21(19)28-18(33)15-39-26-30-24(27-17-9-7-6-8-10-17)29-25(31-26)32-11-13-36-14-12-32/h6-10H,4-5,11-15H2,1-3H3,(H,28,33)(H,27,29,30,31). The van der Waals surface area contributed by atoms with Crippen LogP contribution >= 0.6 is 23.1 Å². The SMILES string of the molecule is CCOC(=O)c1sc(NC(=O)CSc2nc(Nc3ccccc3)nc(N3CCOCC3)n2)c(C(=O)OCC)c1C. The van der Waals surface area contributed by atoms with E-state index in [4.69, 9.17) is 14.2 Å². The maximum Gasteiger partial charge on any atom is 0.348 e. The molecule has 3 heterocycles. The number of anilines is 4. The van der Waals surface area contributed by atoms with Crippen molar-refractivity contribution < 1.29 is 28.6 Å². The van der Waals surface area contributed by atoms with Gasteiger partial charge in [-0.05, 0) is 38.5 Å². The van der Waals surface area contributed by atoms with Gasteiger partial charge in [0.05, 0.1) is 37.7 Å². The smallest absolute Gasteiger partial charge is 0.348 e. The summed E-state index contributed by atoms with van der Waals surface area (Å²) in [4.78, 5) is 53.9. The number of carbonyl (C=O) groups excluding carboxylic acids is 3. The van der Waals surface area contributed by atoms with Crippen LogP contribution in [0.2, 0.25) is 0 Å². The predicted molar refractivity (Wildman–Crippen MR) is 153 cm³/mol. The Morgan fingerprint density at radius 2 is 1.73 bits per heavy atom. The second kappa shape index (κ2) is 14.1. The van der Waals surface area contributed by atoms with Crippen LogP contribution in [0.5, 0.6) is 0 Å². The Balaban J connectivity index is 1.52. The van der Waals surface area contributed by atoms with Gasteiger partial charge in [-0.3, -0.25) is 4.79 Å². The van der Waals surface area contributed by atoms with E-state index in [-0.39, 0.29) is 34.4 Å². The molecule has 3 aromatic rings. The van der Waals surface area contributed by atoms with Gasteiger partial charge in [0.25, 0.3) is 0 Å². The number of para-hydroxylation sites is 1. The first-order valence-corrected chi connectivity index (χ1v) is 14.5. The van der Waals surface area contributed by atoms with Crippen molar-refractivity contribution in [3.05, 3.63) is 46.3 Å². The maximum absolute atomic E-state index is 13.0. The molecule has 40 heavy (non-hydrogen) atoms. The Labute approximate surface area is 239 Å². The Hall–Kier alpha value is -3.75. The third-order valence-electron chi connectivity index (χ3n) is 5.60. The van der Waals surface area contributed by atoms with Gasteiger partial charge in [0.1, 0.15) is 9.88 Å². The molecular weight excluding hydrogens is 556 g/mol. The van der Waals surface area contributed by atoms with Crippen LogP contribution in [0, 0.1) is 6.92 Å². The molecule has 212 valence electrons. The first-order chi connectivity index (χ1) is 19.4. The van der Waals surface area contributed by atoms with Crippen LogP contribution in [0.15, 0.2) is 35.5 Å². The van der Waals surface area contributed by atoms with Gasteiger partial charge in [-0.1, -0.05) is 30.0 Å². The summed E-state index contributed by atoms with van der Waals surface area (Å²) in [6.07, 6.45) is 0. The molecule has 0 unspecified atom stereocenters. The van der Waals surface area contributed by atoms with E-state index >= 15 is 0 Å². The lowest BCUT2D eigenvalue weighted by Gasteiger charge is -2.27. The van der Waals surface area contributed by atoms with Gasteiger partial charge in [0, 0.05) is 18.8 Å². The zero-order chi connectivity index (χ0) is 28.5. The first kappa shape index (κ1) is 29.2. The topological polar surface area (TPSA) is 145 Å². The number of carbonyl (C=O) groups is 3. The molecule has 0 aliphatic carbocycles. The lowest BCUT2D eigenvalue weighted by atomic mass is 10.1. The molecule has 1 aromatic carbocycles. The van der Waals surface area contributed by atoms with Crippen LogP contribution in [0.25, 0.3) is 0 Å². The first-order valence-electron chi connectivity index (χ1n) is 12.7. The molecule has 0 saturated carbocycles. The molecule has 1 aliphatic rings. The summed E-state index contributed by atoms with van der Waals surface area (Å²) >= 11 is 2.10. The summed E-state index contributed by atoms with van der Waals surface area (Å²) in [7, 11) is 0. The number of esters is 2. The predicted octanol–water partition coefficient (Wildman–Crippen LogP) is 3.91.